The molecule has 1 aromatic heterocycles. The Morgan fingerprint density at radius 1 is 1.73 bits per heavy atom. The van der Waals surface area contributed by atoms with E-state index in [1.807, 2.05) is 13.8 Å². The van der Waals surface area contributed by atoms with Crippen molar-refractivity contribution in [3.05, 3.63) is 18.0 Å². The van der Waals surface area contributed by atoms with Crippen molar-refractivity contribution in [3.8, 4) is 0 Å². The van der Waals surface area contributed by atoms with E-state index in [2.05, 4.69) is 15.5 Å². The lowest BCUT2D eigenvalue weighted by atomic mass is 10.0. The number of hydrogen-bond donors (Lipinski definition) is 3. The van der Waals surface area contributed by atoms with Gasteiger partial charge in [-0.15, -0.1) is 0 Å². The van der Waals surface area contributed by atoms with Gasteiger partial charge in [0.25, 0.3) is 5.91 Å². The molecule has 0 aliphatic heterocycles. The van der Waals surface area contributed by atoms with E-state index in [1.54, 1.807) is 6.07 Å². The molecule has 1 aromatic rings. The first kappa shape index (κ1) is 11.7. The number of carbonyl (C=O) groups is 1. The van der Waals surface area contributed by atoms with E-state index in [-0.39, 0.29) is 18.4 Å². The predicted molar refractivity (Wildman–Crippen MR) is 56.4 cm³/mol. The third-order valence-corrected chi connectivity index (χ3v) is 2.52. The Balaban J connectivity index is 2.34. The van der Waals surface area contributed by atoms with Gasteiger partial charge < -0.3 is 10.4 Å². The first-order chi connectivity index (χ1) is 7.15. The van der Waals surface area contributed by atoms with Crippen LogP contribution in [0.25, 0.3) is 0 Å². The molecule has 0 saturated carbocycles. The lowest BCUT2D eigenvalue weighted by Gasteiger charge is -2.17. The molecule has 0 saturated heterocycles. The Hall–Kier alpha value is -1.36. The lowest BCUT2D eigenvalue weighted by molar-refractivity contribution is 0.0846. The quantitative estimate of drug-likeness (QED) is 0.665. The fourth-order valence-corrected chi connectivity index (χ4v) is 1.15. The van der Waals surface area contributed by atoms with Crippen molar-refractivity contribution in [2.24, 2.45) is 5.92 Å². The van der Waals surface area contributed by atoms with Crippen LogP contribution in [0.2, 0.25) is 0 Å². The summed E-state index contributed by atoms with van der Waals surface area (Å²) in [6.45, 7) is 4.23. The van der Waals surface area contributed by atoms with Gasteiger partial charge in [-0.2, -0.15) is 5.10 Å². The maximum absolute atomic E-state index is 11.4. The summed E-state index contributed by atoms with van der Waals surface area (Å²) in [6, 6.07) is 1.59. The smallest absolute Gasteiger partial charge is 0.269 e. The topological polar surface area (TPSA) is 78.0 Å². The fourth-order valence-electron chi connectivity index (χ4n) is 1.15. The zero-order chi connectivity index (χ0) is 11.3. The summed E-state index contributed by atoms with van der Waals surface area (Å²) in [7, 11) is 0. The molecule has 0 aliphatic carbocycles. The Morgan fingerprint density at radius 2 is 2.47 bits per heavy atom. The highest BCUT2D eigenvalue weighted by atomic mass is 16.3. The molecule has 1 rings (SSSR count). The van der Waals surface area contributed by atoms with Crippen molar-refractivity contribution < 1.29 is 9.90 Å². The monoisotopic (exact) mass is 211 g/mol. The van der Waals surface area contributed by atoms with Crippen LogP contribution in [0.1, 0.15) is 30.8 Å². The van der Waals surface area contributed by atoms with Crippen molar-refractivity contribution in [2.75, 3.05) is 6.54 Å². The van der Waals surface area contributed by atoms with E-state index in [9.17, 15) is 9.90 Å². The third-order valence-electron chi connectivity index (χ3n) is 2.52. The van der Waals surface area contributed by atoms with Crippen LogP contribution in [-0.2, 0) is 0 Å². The van der Waals surface area contributed by atoms with Crippen molar-refractivity contribution in [1.29, 1.82) is 0 Å². The van der Waals surface area contributed by atoms with E-state index < -0.39 is 6.10 Å². The van der Waals surface area contributed by atoms with E-state index in [0.717, 1.165) is 6.42 Å². The van der Waals surface area contributed by atoms with Gasteiger partial charge in [-0.1, -0.05) is 20.3 Å². The number of H-pyrrole nitrogens is 1. The van der Waals surface area contributed by atoms with Crippen molar-refractivity contribution in [2.45, 2.75) is 26.4 Å². The van der Waals surface area contributed by atoms with Crippen molar-refractivity contribution in [1.82, 2.24) is 15.5 Å². The largest absolute Gasteiger partial charge is 0.391 e. The maximum Gasteiger partial charge on any atom is 0.269 e. The maximum atomic E-state index is 11.4. The summed E-state index contributed by atoms with van der Waals surface area (Å²) in [5.41, 5.74) is 0.409. The molecule has 1 heterocycles. The molecule has 2 atom stereocenters. The van der Waals surface area contributed by atoms with Gasteiger partial charge in [-0.3, -0.25) is 9.89 Å². The second kappa shape index (κ2) is 5.50. The fraction of sp³-hybridized carbons (Fsp3) is 0.600. The molecule has 84 valence electrons. The van der Waals surface area contributed by atoms with Gasteiger partial charge in [-0.25, -0.2) is 0 Å². The van der Waals surface area contributed by atoms with Crippen LogP contribution in [0.3, 0.4) is 0 Å². The lowest BCUT2D eigenvalue weighted by Crippen LogP contribution is -2.35. The Bertz CT molecular complexity index is 298. The van der Waals surface area contributed by atoms with Crippen LogP contribution >= 0.6 is 0 Å². The molecule has 2 unspecified atom stereocenters. The number of aliphatic hydroxyl groups excluding tert-OH is 1. The summed E-state index contributed by atoms with van der Waals surface area (Å²) < 4.78 is 0. The zero-order valence-electron chi connectivity index (χ0n) is 9.03. The molecule has 0 aromatic carbocycles. The van der Waals surface area contributed by atoms with Gasteiger partial charge in [-0.05, 0) is 12.0 Å². The first-order valence-corrected chi connectivity index (χ1v) is 5.10. The highest BCUT2D eigenvalue weighted by Crippen LogP contribution is 2.06. The Labute approximate surface area is 88.9 Å². The van der Waals surface area contributed by atoms with E-state index in [0.29, 0.717) is 5.69 Å². The summed E-state index contributed by atoms with van der Waals surface area (Å²) in [6.07, 6.45) is 1.91. The van der Waals surface area contributed by atoms with Gasteiger partial charge in [0.1, 0.15) is 5.69 Å². The molecule has 0 aliphatic rings. The number of aromatic amines is 1. The molecule has 0 bridgehead atoms. The minimum absolute atomic E-state index is 0.187. The second-order valence-electron chi connectivity index (χ2n) is 3.63. The summed E-state index contributed by atoms with van der Waals surface area (Å²) in [4.78, 5) is 11.4. The molecule has 0 fully saturated rings. The van der Waals surface area contributed by atoms with Crippen molar-refractivity contribution >= 4 is 5.91 Å². The van der Waals surface area contributed by atoms with Crippen LogP contribution in [0.15, 0.2) is 12.3 Å². The molecule has 3 N–H and O–H groups in total. The molecular formula is C10H17N3O2. The van der Waals surface area contributed by atoms with Gasteiger partial charge in [0, 0.05) is 12.7 Å². The predicted octanol–water partition coefficient (Wildman–Crippen LogP) is 0.546. The van der Waals surface area contributed by atoms with E-state index in [4.69, 9.17) is 0 Å². The zero-order valence-corrected chi connectivity index (χ0v) is 9.03. The normalized spacial score (nSPS) is 14.6. The van der Waals surface area contributed by atoms with Crippen LogP contribution < -0.4 is 5.32 Å². The molecule has 0 radical (unpaired) electrons. The van der Waals surface area contributed by atoms with E-state index >= 15 is 0 Å². The number of rotatable bonds is 5. The van der Waals surface area contributed by atoms with Crippen LogP contribution in [0, 0.1) is 5.92 Å². The van der Waals surface area contributed by atoms with Crippen LogP contribution in [0.4, 0.5) is 0 Å². The average Bonchev–Trinajstić information content (AvgIpc) is 2.77. The van der Waals surface area contributed by atoms with Gasteiger partial charge in [0.05, 0.1) is 6.10 Å². The number of nitrogens with zero attached hydrogens (tertiary/aromatic N) is 1. The standard InChI is InChI=1S/C10H17N3O2/c1-3-7(2)9(14)6-11-10(15)8-4-5-12-13-8/h4-5,7,9,14H,3,6H2,1-2H3,(H,11,15)(H,12,13). The molecular weight excluding hydrogens is 194 g/mol. The molecule has 0 spiro atoms. The van der Waals surface area contributed by atoms with Gasteiger partial charge in [0.15, 0.2) is 0 Å². The summed E-state index contributed by atoms with van der Waals surface area (Å²) in [5.74, 6) is -0.0538. The second-order valence-corrected chi connectivity index (χ2v) is 3.63. The van der Waals surface area contributed by atoms with Crippen LogP contribution in [0.5, 0.6) is 0 Å². The van der Waals surface area contributed by atoms with Crippen molar-refractivity contribution in [3.63, 3.8) is 0 Å². The third kappa shape index (κ3) is 3.36. The summed E-state index contributed by atoms with van der Waals surface area (Å²) >= 11 is 0. The SMILES string of the molecule is CCC(C)C(O)CNC(=O)c1ccn[nH]1. The minimum Gasteiger partial charge on any atom is -0.391 e. The minimum atomic E-state index is -0.498. The van der Waals surface area contributed by atoms with Crippen LogP contribution in [-0.4, -0.2) is 33.9 Å². The number of hydrogen-bond acceptors (Lipinski definition) is 3. The number of amides is 1. The van der Waals surface area contributed by atoms with Gasteiger partial charge >= 0.3 is 0 Å². The molecule has 15 heavy (non-hydrogen) atoms. The first-order valence-electron chi connectivity index (χ1n) is 5.10. The number of nitrogens with one attached hydrogen (secondary N) is 2. The Kier molecular flexibility index (Phi) is 4.30. The number of aliphatic hydroxyl groups is 1. The average molecular weight is 211 g/mol. The number of aromatic nitrogens is 2. The van der Waals surface area contributed by atoms with E-state index in [1.165, 1.54) is 6.20 Å². The Morgan fingerprint density at radius 3 is 3.00 bits per heavy atom. The molecule has 5 nitrogen and oxygen atoms in total. The highest BCUT2D eigenvalue weighted by Gasteiger charge is 2.14. The van der Waals surface area contributed by atoms with Gasteiger partial charge in [0.2, 0.25) is 0 Å². The molecule has 1 amide bonds. The number of carbonyl (C=O) groups excluding carboxylic acids is 1. The molecule has 5 heteroatoms. The highest BCUT2D eigenvalue weighted by molar-refractivity contribution is 5.92. The summed E-state index contributed by atoms with van der Waals surface area (Å²) in [5, 5.41) is 18.5.